The Morgan fingerprint density at radius 2 is 1.79 bits per heavy atom. The molecule has 0 spiro atoms. The average Bonchev–Trinajstić information content (AvgIpc) is 2.96. The van der Waals surface area contributed by atoms with Crippen LogP contribution >= 0.6 is 0 Å². The van der Waals surface area contributed by atoms with Gasteiger partial charge >= 0.3 is 0 Å². The maximum absolute atomic E-state index is 13.0. The summed E-state index contributed by atoms with van der Waals surface area (Å²) in [5.41, 5.74) is 5.02. The van der Waals surface area contributed by atoms with Crippen molar-refractivity contribution in [3.8, 4) is 6.07 Å². The number of benzene rings is 2. The molecule has 3 rings (SSSR count). The van der Waals surface area contributed by atoms with E-state index in [0.717, 1.165) is 22.5 Å². The molecule has 0 atom stereocenters. The van der Waals surface area contributed by atoms with E-state index in [4.69, 9.17) is 0 Å². The van der Waals surface area contributed by atoms with E-state index < -0.39 is 11.7 Å². The molecule has 1 heterocycles. The minimum absolute atomic E-state index is 0.0459. The molecule has 2 aromatic carbocycles. The van der Waals surface area contributed by atoms with Crippen molar-refractivity contribution in [3.63, 3.8) is 0 Å². The quantitative estimate of drug-likeness (QED) is 0.515. The summed E-state index contributed by atoms with van der Waals surface area (Å²) in [5.74, 6) is -0.949. The van der Waals surface area contributed by atoms with E-state index in [9.17, 15) is 14.4 Å². The van der Waals surface area contributed by atoms with Gasteiger partial charge in [0.15, 0.2) is 0 Å². The number of halogens is 1. The van der Waals surface area contributed by atoms with Crippen LogP contribution in [0.4, 0.5) is 10.1 Å². The molecule has 0 aliphatic heterocycles. The zero-order valence-electron chi connectivity index (χ0n) is 16.5. The molecule has 3 aromatic rings. The third kappa shape index (κ3) is 4.77. The lowest BCUT2D eigenvalue weighted by molar-refractivity contribution is -0.112. The molecular formula is C23H21FN4O. The fraction of sp³-hybridized carbons (Fsp3) is 0.174. The summed E-state index contributed by atoms with van der Waals surface area (Å²) in [4.78, 5) is 12.5. The predicted molar refractivity (Wildman–Crippen MR) is 111 cm³/mol. The van der Waals surface area contributed by atoms with Gasteiger partial charge in [0, 0.05) is 16.9 Å². The SMILES string of the molecule is Cc1ccc(Cn2nc(C)c(/C=C(\C#N)C(=O)Nc3ccc(F)cc3)c2C)cc1. The van der Waals surface area contributed by atoms with E-state index in [1.807, 2.05) is 31.5 Å². The molecular weight excluding hydrogens is 367 g/mol. The largest absolute Gasteiger partial charge is 0.321 e. The Hall–Kier alpha value is -3.72. The lowest BCUT2D eigenvalue weighted by Crippen LogP contribution is -2.13. The van der Waals surface area contributed by atoms with Crippen LogP contribution in [0.1, 0.15) is 28.1 Å². The Kier molecular flexibility index (Phi) is 5.89. The van der Waals surface area contributed by atoms with E-state index in [2.05, 4.69) is 34.7 Å². The normalized spacial score (nSPS) is 11.2. The number of hydrogen-bond acceptors (Lipinski definition) is 3. The molecule has 0 radical (unpaired) electrons. The molecule has 5 nitrogen and oxygen atoms in total. The molecule has 6 heteroatoms. The first-order valence-electron chi connectivity index (χ1n) is 9.15. The highest BCUT2D eigenvalue weighted by molar-refractivity contribution is 6.09. The second-order valence-corrected chi connectivity index (χ2v) is 6.86. The van der Waals surface area contributed by atoms with Crippen LogP contribution in [0, 0.1) is 37.9 Å². The summed E-state index contributed by atoms with van der Waals surface area (Å²) in [6.45, 7) is 6.39. The number of aromatic nitrogens is 2. The Labute approximate surface area is 169 Å². The number of carbonyl (C=O) groups is 1. The maximum Gasteiger partial charge on any atom is 0.266 e. The van der Waals surface area contributed by atoms with Crippen molar-refractivity contribution in [2.24, 2.45) is 0 Å². The maximum atomic E-state index is 13.0. The summed E-state index contributed by atoms with van der Waals surface area (Å²) < 4.78 is 14.9. The van der Waals surface area contributed by atoms with E-state index in [0.29, 0.717) is 12.2 Å². The summed E-state index contributed by atoms with van der Waals surface area (Å²) in [7, 11) is 0. The zero-order chi connectivity index (χ0) is 21.0. The summed E-state index contributed by atoms with van der Waals surface area (Å²) in [6, 6.07) is 15.5. The van der Waals surface area contributed by atoms with Crippen LogP contribution < -0.4 is 5.32 Å². The molecule has 146 valence electrons. The number of hydrogen-bond donors (Lipinski definition) is 1. The van der Waals surface area contributed by atoms with E-state index >= 15 is 0 Å². The van der Waals surface area contributed by atoms with E-state index in [1.54, 1.807) is 6.08 Å². The van der Waals surface area contributed by atoms with Crippen molar-refractivity contribution in [2.45, 2.75) is 27.3 Å². The lowest BCUT2D eigenvalue weighted by Gasteiger charge is -2.06. The van der Waals surface area contributed by atoms with Crippen molar-refractivity contribution in [2.75, 3.05) is 5.32 Å². The Morgan fingerprint density at radius 3 is 2.41 bits per heavy atom. The number of carbonyl (C=O) groups excluding carboxylic acids is 1. The third-order valence-corrected chi connectivity index (χ3v) is 4.65. The van der Waals surface area contributed by atoms with Gasteiger partial charge in [0.1, 0.15) is 17.5 Å². The van der Waals surface area contributed by atoms with Crippen LogP contribution in [0.3, 0.4) is 0 Å². The van der Waals surface area contributed by atoms with Crippen molar-refractivity contribution in [1.82, 2.24) is 9.78 Å². The second kappa shape index (κ2) is 8.53. The van der Waals surface area contributed by atoms with Gasteiger partial charge in [0.05, 0.1) is 12.2 Å². The highest BCUT2D eigenvalue weighted by atomic mass is 19.1. The first kappa shape index (κ1) is 20.0. The van der Waals surface area contributed by atoms with Crippen molar-refractivity contribution in [3.05, 3.63) is 88.0 Å². The standard InChI is InChI=1S/C23H21FN4O/c1-15-4-6-18(7-5-15)14-28-17(3)22(16(2)27-28)12-19(13-25)23(29)26-21-10-8-20(24)9-11-21/h4-12H,14H2,1-3H3,(H,26,29)/b19-12+. The van der Waals surface area contributed by atoms with Crippen molar-refractivity contribution in [1.29, 1.82) is 5.26 Å². The lowest BCUT2D eigenvalue weighted by atomic mass is 10.1. The molecule has 0 saturated heterocycles. The molecule has 0 saturated carbocycles. The Morgan fingerprint density at radius 1 is 1.14 bits per heavy atom. The molecule has 0 fully saturated rings. The number of amides is 1. The number of anilines is 1. The highest BCUT2D eigenvalue weighted by Crippen LogP contribution is 2.19. The van der Waals surface area contributed by atoms with Gasteiger partial charge < -0.3 is 5.32 Å². The van der Waals surface area contributed by atoms with Gasteiger partial charge in [0.25, 0.3) is 5.91 Å². The van der Waals surface area contributed by atoms with Crippen LogP contribution in [0.15, 0.2) is 54.1 Å². The zero-order valence-corrected chi connectivity index (χ0v) is 16.5. The molecule has 1 aromatic heterocycles. The average molecular weight is 388 g/mol. The molecule has 0 unspecified atom stereocenters. The van der Waals surface area contributed by atoms with Gasteiger partial charge in [0.2, 0.25) is 0 Å². The number of aryl methyl sites for hydroxylation is 2. The third-order valence-electron chi connectivity index (χ3n) is 4.65. The van der Waals surface area contributed by atoms with E-state index in [1.165, 1.54) is 29.8 Å². The Balaban J connectivity index is 1.84. The molecule has 1 N–H and O–H groups in total. The van der Waals surface area contributed by atoms with Crippen molar-refractivity contribution < 1.29 is 9.18 Å². The second-order valence-electron chi connectivity index (χ2n) is 6.86. The molecule has 29 heavy (non-hydrogen) atoms. The smallest absolute Gasteiger partial charge is 0.266 e. The van der Waals surface area contributed by atoms with Crippen LogP contribution in [0.25, 0.3) is 6.08 Å². The van der Waals surface area contributed by atoms with Gasteiger partial charge in [-0.2, -0.15) is 10.4 Å². The van der Waals surface area contributed by atoms with Gasteiger partial charge in [-0.05, 0) is 56.7 Å². The van der Waals surface area contributed by atoms with Crippen molar-refractivity contribution >= 4 is 17.7 Å². The number of nitrogens with zero attached hydrogens (tertiary/aromatic N) is 3. The van der Waals surface area contributed by atoms with Crippen LogP contribution in [-0.2, 0) is 11.3 Å². The molecule has 0 aliphatic carbocycles. The molecule has 0 bridgehead atoms. The first-order chi connectivity index (χ1) is 13.9. The summed E-state index contributed by atoms with van der Waals surface area (Å²) in [6.07, 6.45) is 1.54. The van der Waals surface area contributed by atoms with Gasteiger partial charge in [-0.25, -0.2) is 4.39 Å². The first-order valence-corrected chi connectivity index (χ1v) is 9.15. The van der Waals surface area contributed by atoms with Crippen LogP contribution in [0.2, 0.25) is 0 Å². The van der Waals surface area contributed by atoms with Crippen LogP contribution in [0.5, 0.6) is 0 Å². The highest BCUT2D eigenvalue weighted by Gasteiger charge is 2.15. The van der Waals surface area contributed by atoms with Crippen LogP contribution in [-0.4, -0.2) is 15.7 Å². The van der Waals surface area contributed by atoms with Gasteiger partial charge in [-0.3, -0.25) is 9.48 Å². The number of rotatable bonds is 5. The summed E-state index contributed by atoms with van der Waals surface area (Å²) >= 11 is 0. The predicted octanol–water partition coefficient (Wildman–Crippen LogP) is 4.54. The van der Waals surface area contributed by atoms with Gasteiger partial charge in [-0.15, -0.1) is 0 Å². The van der Waals surface area contributed by atoms with E-state index in [-0.39, 0.29) is 5.57 Å². The minimum Gasteiger partial charge on any atom is -0.321 e. The Bertz CT molecular complexity index is 1100. The monoisotopic (exact) mass is 388 g/mol. The molecule has 1 amide bonds. The fourth-order valence-corrected chi connectivity index (χ4v) is 2.96. The fourth-order valence-electron chi connectivity index (χ4n) is 2.96. The molecule has 0 aliphatic rings. The number of nitrogens with one attached hydrogen (secondary N) is 1. The van der Waals surface area contributed by atoms with Gasteiger partial charge in [-0.1, -0.05) is 29.8 Å². The number of nitriles is 1. The minimum atomic E-state index is -0.552. The summed E-state index contributed by atoms with van der Waals surface area (Å²) in [5, 5.41) is 16.6. The topological polar surface area (TPSA) is 70.7 Å².